The molecule has 32 heavy (non-hydrogen) atoms. The van der Waals surface area contributed by atoms with E-state index in [1.54, 1.807) is 20.8 Å². The van der Waals surface area contributed by atoms with E-state index in [2.05, 4.69) is 28.0 Å². The van der Waals surface area contributed by atoms with Crippen LogP contribution in [-0.2, 0) is 4.74 Å². The molecule has 1 fully saturated rings. The number of nitrogens with two attached hydrogens (primary N) is 1. The van der Waals surface area contributed by atoms with Crippen LogP contribution in [0.1, 0.15) is 27.7 Å². The van der Waals surface area contributed by atoms with Gasteiger partial charge in [-0.25, -0.2) is 14.8 Å². The minimum Gasteiger partial charge on any atom is -0.444 e. The van der Waals surface area contributed by atoms with E-state index in [4.69, 9.17) is 22.1 Å². The fourth-order valence-corrected chi connectivity index (χ4v) is 3.04. The number of nitrogens with zero attached hydrogens (tertiary/aromatic N) is 3. The molecular formula is C22H27ClF2N4O3. The second kappa shape index (κ2) is 9.68. The molecule has 1 aromatic carbocycles. The Kier molecular flexibility index (Phi) is 7.66. The first kappa shape index (κ1) is 25.3. The first-order chi connectivity index (χ1) is 14.7. The lowest BCUT2D eigenvalue weighted by atomic mass is 9.93. The summed E-state index contributed by atoms with van der Waals surface area (Å²) in [6.07, 6.45) is -3.72. The molecule has 174 valence electrons. The molecule has 1 saturated heterocycles. The summed E-state index contributed by atoms with van der Waals surface area (Å²) < 4.78 is 35.8. The van der Waals surface area contributed by atoms with Gasteiger partial charge in [0.15, 0.2) is 5.84 Å². The number of alkyl halides is 2. The summed E-state index contributed by atoms with van der Waals surface area (Å²) in [6, 6.07) is 5.66. The van der Waals surface area contributed by atoms with Gasteiger partial charge in [-0.3, -0.25) is 0 Å². The van der Waals surface area contributed by atoms with Gasteiger partial charge in [0.2, 0.25) is 0 Å². The Hall–Kier alpha value is -2.94. The number of amides is 1. The van der Waals surface area contributed by atoms with E-state index in [0.29, 0.717) is 37.0 Å². The van der Waals surface area contributed by atoms with Crippen molar-refractivity contribution >= 4 is 35.9 Å². The molecule has 0 aliphatic carbocycles. The standard InChI is InChI=1S/C22H27ClF2N4O3/c1-13(23)17(18(26)14-11-29(12-14)20(30)32-21(2,3)4)19(27-6)28-15-7-9-16(10-8-15)31-22(5,24)25/h7-10,14H,1,6,11-12,26H2,2-5H3/b18-17-,28-19?. The summed E-state index contributed by atoms with van der Waals surface area (Å²) in [7, 11) is 0. The second-order valence-corrected chi connectivity index (χ2v) is 8.77. The van der Waals surface area contributed by atoms with E-state index >= 15 is 0 Å². The second-order valence-electron chi connectivity index (χ2n) is 8.31. The zero-order valence-electron chi connectivity index (χ0n) is 18.5. The SMILES string of the molecule is C=NC(=Nc1ccc(OC(C)(F)F)cc1)/C(C(=C)Cl)=C(\N)C1CN(C(=O)OC(C)(C)C)C1. The number of likely N-dealkylation sites (tertiary alicyclic amines) is 1. The number of aliphatic imine (C=N–C) groups is 2. The number of carbonyl (C=O) groups excluding carboxylic acids is 1. The molecule has 2 N–H and O–H groups in total. The normalized spacial score (nSPS) is 16.1. The Balaban J connectivity index is 2.22. The number of ether oxygens (including phenoxy) is 2. The van der Waals surface area contributed by atoms with Gasteiger partial charge >= 0.3 is 12.2 Å². The van der Waals surface area contributed by atoms with Gasteiger partial charge < -0.3 is 20.1 Å². The zero-order valence-corrected chi connectivity index (χ0v) is 19.2. The molecule has 1 aliphatic heterocycles. The Morgan fingerprint density at radius 3 is 2.22 bits per heavy atom. The molecule has 2 rings (SSSR count). The van der Waals surface area contributed by atoms with Crippen LogP contribution in [-0.4, -0.2) is 48.3 Å². The van der Waals surface area contributed by atoms with Crippen LogP contribution in [0.15, 0.2) is 57.1 Å². The predicted molar refractivity (Wildman–Crippen MR) is 122 cm³/mol. The van der Waals surface area contributed by atoms with Crippen LogP contribution in [0.4, 0.5) is 19.3 Å². The Bertz CT molecular complexity index is 941. The van der Waals surface area contributed by atoms with Gasteiger partial charge in [-0.05, 0) is 51.8 Å². The van der Waals surface area contributed by atoms with Crippen LogP contribution in [0, 0.1) is 5.92 Å². The van der Waals surface area contributed by atoms with E-state index in [0.717, 1.165) is 0 Å². The third kappa shape index (κ3) is 7.05. The highest BCUT2D eigenvalue weighted by atomic mass is 35.5. The first-order valence-electron chi connectivity index (χ1n) is 9.75. The molecule has 7 nitrogen and oxygen atoms in total. The number of carbonyl (C=O) groups is 1. The molecule has 0 aromatic heterocycles. The molecule has 0 bridgehead atoms. The van der Waals surface area contributed by atoms with E-state index in [1.807, 2.05) is 0 Å². The lowest BCUT2D eigenvalue weighted by Gasteiger charge is -2.40. The largest absolute Gasteiger partial charge is 0.444 e. The number of hydrogen-bond donors (Lipinski definition) is 1. The van der Waals surface area contributed by atoms with Crippen LogP contribution in [0.3, 0.4) is 0 Å². The van der Waals surface area contributed by atoms with Crippen molar-refractivity contribution in [3.63, 3.8) is 0 Å². The van der Waals surface area contributed by atoms with Crippen LogP contribution >= 0.6 is 11.6 Å². The first-order valence-corrected chi connectivity index (χ1v) is 10.1. The van der Waals surface area contributed by atoms with Crippen molar-refractivity contribution < 1.29 is 23.0 Å². The average Bonchev–Trinajstić information content (AvgIpc) is 2.58. The van der Waals surface area contributed by atoms with Crippen molar-refractivity contribution in [2.75, 3.05) is 13.1 Å². The molecule has 1 aliphatic rings. The van der Waals surface area contributed by atoms with E-state index in [-0.39, 0.29) is 22.5 Å². The van der Waals surface area contributed by atoms with Crippen molar-refractivity contribution in [3.8, 4) is 5.75 Å². The van der Waals surface area contributed by atoms with Crippen LogP contribution in [0.2, 0.25) is 0 Å². The van der Waals surface area contributed by atoms with Gasteiger partial charge in [-0.1, -0.05) is 18.2 Å². The van der Waals surface area contributed by atoms with E-state index in [1.165, 1.54) is 29.2 Å². The Morgan fingerprint density at radius 1 is 1.22 bits per heavy atom. The summed E-state index contributed by atoms with van der Waals surface area (Å²) in [5.41, 5.74) is 6.78. The molecule has 0 unspecified atom stereocenters. The molecule has 0 saturated carbocycles. The van der Waals surface area contributed by atoms with E-state index < -0.39 is 17.8 Å². The van der Waals surface area contributed by atoms with Gasteiger partial charge in [0, 0.05) is 36.7 Å². The summed E-state index contributed by atoms with van der Waals surface area (Å²) >= 11 is 6.18. The highest BCUT2D eigenvalue weighted by Crippen LogP contribution is 2.30. The van der Waals surface area contributed by atoms with Gasteiger partial charge in [0.05, 0.1) is 11.3 Å². The average molecular weight is 469 g/mol. The summed E-state index contributed by atoms with van der Waals surface area (Å²) in [4.78, 5) is 21.9. The minimum absolute atomic E-state index is 0.0155. The maximum Gasteiger partial charge on any atom is 0.410 e. The monoisotopic (exact) mass is 468 g/mol. The van der Waals surface area contributed by atoms with Crippen molar-refractivity contribution in [2.24, 2.45) is 21.6 Å². The van der Waals surface area contributed by atoms with Crippen molar-refractivity contribution in [2.45, 2.75) is 39.4 Å². The van der Waals surface area contributed by atoms with E-state index in [9.17, 15) is 13.6 Å². The highest BCUT2D eigenvalue weighted by Gasteiger charge is 2.36. The zero-order chi connectivity index (χ0) is 24.3. The molecule has 1 amide bonds. The maximum atomic E-state index is 13.0. The van der Waals surface area contributed by atoms with Crippen LogP contribution in [0.25, 0.3) is 0 Å². The summed E-state index contributed by atoms with van der Waals surface area (Å²) in [6.45, 7) is 14.0. The number of benzene rings is 1. The Labute approximate surface area is 191 Å². The highest BCUT2D eigenvalue weighted by molar-refractivity contribution is 6.35. The van der Waals surface area contributed by atoms with Crippen molar-refractivity contribution in [3.05, 3.63) is 47.1 Å². The lowest BCUT2D eigenvalue weighted by Crippen LogP contribution is -2.53. The summed E-state index contributed by atoms with van der Waals surface area (Å²) in [5.74, 6) is -0.0893. The fourth-order valence-electron chi connectivity index (χ4n) is 2.85. The third-order valence-electron chi connectivity index (χ3n) is 4.28. The molecular weight excluding hydrogens is 442 g/mol. The smallest absolute Gasteiger partial charge is 0.410 e. The topological polar surface area (TPSA) is 89.5 Å². The minimum atomic E-state index is -3.30. The lowest BCUT2D eigenvalue weighted by molar-refractivity contribution is -0.158. The number of rotatable bonds is 6. The number of amidine groups is 1. The maximum absolute atomic E-state index is 13.0. The number of halogens is 3. The summed E-state index contributed by atoms with van der Waals surface area (Å²) in [5, 5.41) is 0.106. The van der Waals surface area contributed by atoms with Gasteiger partial charge in [-0.2, -0.15) is 8.78 Å². The quantitative estimate of drug-likeness (QED) is 0.351. The number of hydrogen-bond acceptors (Lipinski definition) is 5. The van der Waals surface area contributed by atoms with Crippen molar-refractivity contribution in [1.82, 2.24) is 4.90 Å². The van der Waals surface area contributed by atoms with Gasteiger partial charge in [0.1, 0.15) is 11.4 Å². The fraction of sp³-hybridized carbons (Fsp3) is 0.409. The van der Waals surface area contributed by atoms with Crippen molar-refractivity contribution in [1.29, 1.82) is 0 Å². The molecule has 0 atom stereocenters. The molecule has 1 aromatic rings. The van der Waals surface area contributed by atoms with Crippen LogP contribution < -0.4 is 10.5 Å². The molecule has 1 heterocycles. The third-order valence-corrected chi connectivity index (χ3v) is 4.46. The molecule has 10 heteroatoms. The Morgan fingerprint density at radius 2 is 1.78 bits per heavy atom. The predicted octanol–water partition coefficient (Wildman–Crippen LogP) is 5.24. The molecule has 0 spiro atoms. The molecule has 0 radical (unpaired) electrons. The van der Waals surface area contributed by atoms with Crippen LogP contribution in [0.5, 0.6) is 5.75 Å². The van der Waals surface area contributed by atoms with Gasteiger partial charge in [0.25, 0.3) is 0 Å². The van der Waals surface area contributed by atoms with Gasteiger partial charge in [-0.15, -0.1) is 0 Å².